The number of carbonyl (C=O) groups is 2. The molecule has 1 fully saturated rings. The van der Waals surface area contributed by atoms with Gasteiger partial charge in [-0.2, -0.15) is 5.26 Å². The first kappa shape index (κ1) is 21.4. The Morgan fingerprint density at radius 3 is 2.62 bits per heavy atom. The molecule has 1 saturated heterocycles. The quantitative estimate of drug-likeness (QED) is 0.555. The van der Waals surface area contributed by atoms with E-state index in [1.165, 1.54) is 0 Å². The van der Waals surface area contributed by atoms with E-state index in [9.17, 15) is 9.59 Å². The standard InChI is InChI=1S/C24H24N4O4/c25-8-9-26-24(30)21(16-17-1-6-22-19(15-17)7-12-32-22)27-23(29)18-2-4-20(5-3-18)28-10-13-31-14-11-28/h1-7,12,15,21H,9-11,13-14,16H2,(H,26,30)(H,27,29). The van der Waals surface area contributed by atoms with Crippen molar-refractivity contribution in [1.82, 2.24) is 10.6 Å². The molecule has 8 nitrogen and oxygen atoms in total. The maximum Gasteiger partial charge on any atom is 0.251 e. The molecule has 1 atom stereocenters. The van der Waals surface area contributed by atoms with E-state index in [2.05, 4.69) is 15.5 Å². The van der Waals surface area contributed by atoms with Crippen LogP contribution in [0.3, 0.4) is 0 Å². The molecule has 4 rings (SSSR count). The van der Waals surface area contributed by atoms with Crippen LogP contribution in [-0.2, 0) is 16.0 Å². The number of hydrogen-bond donors (Lipinski definition) is 2. The molecule has 1 aliphatic heterocycles. The largest absolute Gasteiger partial charge is 0.464 e. The van der Waals surface area contributed by atoms with Gasteiger partial charge >= 0.3 is 0 Å². The maximum atomic E-state index is 12.9. The average molecular weight is 432 g/mol. The van der Waals surface area contributed by atoms with E-state index < -0.39 is 11.9 Å². The average Bonchev–Trinajstić information content (AvgIpc) is 3.30. The Balaban J connectivity index is 1.47. The minimum atomic E-state index is -0.820. The molecular weight excluding hydrogens is 408 g/mol. The number of rotatable bonds is 7. The lowest BCUT2D eigenvalue weighted by molar-refractivity contribution is -0.122. The molecule has 164 valence electrons. The summed E-state index contributed by atoms with van der Waals surface area (Å²) in [6, 6.07) is 15.8. The van der Waals surface area contributed by atoms with Crippen molar-refractivity contribution in [2.45, 2.75) is 12.5 Å². The van der Waals surface area contributed by atoms with Crippen LogP contribution in [0.1, 0.15) is 15.9 Å². The molecule has 0 spiro atoms. The fraction of sp³-hybridized carbons (Fsp3) is 0.292. The molecule has 2 N–H and O–H groups in total. The van der Waals surface area contributed by atoms with Crippen LogP contribution in [0.5, 0.6) is 0 Å². The summed E-state index contributed by atoms with van der Waals surface area (Å²) in [6.07, 6.45) is 1.89. The van der Waals surface area contributed by atoms with Crippen LogP contribution in [-0.4, -0.2) is 50.7 Å². The first-order valence-corrected chi connectivity index (χ1v) is 10.5. The van der Waals surface area contributed by atoms with Crippen LogP contribution >= 0.6 is 0 Å². The van der Waals surface area contributed by atoms with Crippen molar-refractivity contribution < 1.29 is 18.7 Å². The molecule has 1 aliphatic rings. The summed E-state index contributed by atoms with van der Waals surface area (Å²) in [5.74, 6) is -0.753. The first-order valence-electron chi connectivity index (χ1n) is 10.5. The number of anilines is 1. The molecule has 1 unspecified atom stereocenters. The second-order valence-electron chi connectivity index (χ2n) is 7.55. The highest BCUT2D eigenvalue weighted by Gasteiger charge is 2.22. The van der Waals surface area contributed by atoms with Crippen molar-refractivity contribution >= 4 is 28.5 Å². The van der Waals surface area contributed by atoms with Gasteiger partial charge in [-0.3, -0.25) is 9.59 Å². The van der Waals surface area contributed by atoms with Gasteiger partial charge in [0.2, 0.25) is 5.91 Å². The van der Waals surface area contributed by atoms with Gasteiger partial charge in [-0.05, 0) is 48.0 Å². The SMILES string of the molecule is N#CCNC(=O)C(Cc1ccc2occc2c1)NC(=O)c1ccc(N2CCOCC2)cc1. The van der Waals surface area contributed by atoms with Crippen molar-refractivity contribution in [2.75, 3.05) is 37.7 Å². The second kappa shape index (κ2) is 9.98. The number of ether oxygens (including phenoxy) is 1. The van der Waals surface area contributed by atoms with Crippen molar-refractivity contribution in [3.05, 3.63) is 65.9 Å². The number of nitriles is 1. The predicted molar refractivity (Wildman–Crippen MR) is 119 cm³/mol. The highest BCUT2D eigenvalue weighted by Crippen LogP contribution is 2.19. The Bertz CT molecular complexity index is 1130. The number of hydrogen-bond acceptors (Lipinski definition) is 6. The lowest BCUT2D eigenvalue weighted by Gasteiger charge is -2.28. The Hall–Kier alpha value is -3.83. The number of carbonyl (C=O) groups excluding carboxylic acids is 2. The molecule has 2 aromatic carbocycles. The number of benzene rings is 2. The van der Waals surface area contributed by atoms with Gasteiger partial charge < -0.3 is 24.7 Å². The van der Waals surface area contributed by atoms with E-state index >= 15 is 0 Å². The normalized spacial score (nSPS) is 14.5. The van der Waals surface area contributed by atoms with Gasteiger partial charge in [0.25, 0.3) is 5.91 Å². The second-order valence-corrected chi connectivity index (χ2v) is 7.55. The monoisotopic (exact) mass is 432 g/mol. The summed E-state index contributed by atoms with van der Waals surface area (Å²) in [4.78, 5) is 27.7. The number of morpholine rings is 1. The van der Waals surface area contributed by atoms with Crippen LogP contribution < -0.4 is 15.5 Å². The van der Waals surface area contributed by atoms with Gasteiger partial charge in [0.15, 0.2) is 0 Å². The van der Waals surface area contributed by atoms with Gasteiger partial charge in [-0.1, -0.05) is 6.07 Å². The van der Waals surface area contributed by atoms with Gasteiger partial charge in [-0.25, -0.2) is 0 Å². The van der Waals surface area contributed by atoms with E-state index in [-0.39, 0.29) is 18.9 Å². The van der Waals surface area contributed by atoms with E-state index in [0.29, 0.717) is 18.8 Å². The van der Waals surface area contributed by atoms with Gasteiger partial charge in [0, 0.05) is 36.1 Å². The Kier molecular flexibility index (Phi) is 6.68. The fourth-order valence-electron chi connectivity index (χ4n) is 3.72. The summed E-state index contributed by atoms with van der Waals surface area (Å²) >= 11 is 0. The lowest BCUT2D eigenvalue weighted by Crippen LogP contribution is -2.48. The van der Waals surface area contributed by atoms with Crippen molar-refractivity contribution in [3.63, 3.8) is 0 Å². The summed E-state index contributed by atoms with van der Waals surface area (Å²) in [7, 11) is 0. The molecule has 0 aliphatic carbocycles. The fourth-order valence-corrected chi connectivity index (χ4v) is 3.72. The molecule has 0 bridgehead atoms. The van der Waals surface area contributed by atoms with Crippen LogP contribution in [0.2, 0.25) is 0 Å². The number of nitrogens with one attached hydrogen (secondary N) is 2. The smallest absolute Gasteiger partial charge is 0.251 e. The van der Waals surface area contributed by atoms with E-state index in [4.69, 9.17) is 14.4 Å². The van der Waals surface area contributed by atoms with Crippen LogP contribution in [0.15, 0.2) is 59.2 Å². The molecule has 32 heavy (non-hydrogen) atoms. The molecule has 2 heterocycles. The minimum Gasteiger partial charge on any atom is -0.464 e. The Morgan fingerprint density at radius 1 is 1.09 bits per heavy atom. The molecule has 0 saturated carbocycles. The van der Waals surface area contributed by atoms with Gasteiger partial charge in [-0.15, -0.1) is 0 Å². The predicted octanol–water partition coefficient (Wildman–Crippen LogP) is 2.25. The zero-order chi connectivity index (χ0) is 22.3. The summed E-state index contributed by atoms with van der Waals surface area (Å²) in [5, 5.41) is 15.1. The van der Waals surface area contributed by atoms with Crippen molar-refractivity contribution in [1.29, 1.82) is 5.26 Å². The molecule has 3 aromatic rings. The first-order chi connectivity index (χ1) is 15.6. The third kappa shape index (κ3) is 5.07. The number of nitrogens with zero attached hydrogens (tertiary/aromatic N) is 2. The number of fused-ring (bicyclic) bond motifs is 1. The third-order valence-electron chi connectivity index (χ3n) is 5.43. The van der Waals surface area contributed by atoms with Crippen LogP contribution in [0.25, 0.3) is 11.0 Å². The summed E-state index contributed by atoms with van der Waals surface area (Å²) in [6.45, 7) is 2.88. The minimum absolute atomic E-state index is 0.125. The van der Waals surface area contributed by atoms with Crippen LogP contribution in [0, 0.1) is 11.3 Å². The van der Waals surface area contributed by atoms with Crippen molar-refractivity contribution in [2.24, 2.45) is 0 Å². The maximum absolute atomic E-state index is 12.9. The zero-order valence-electron chi connectivity index (χ0n) is 17.5. The number of furan rings is 1. The molecule has 1 aromatic heterocycles. The summed E-state index contributed by atoms with van der Waals surface area (Å²) in [5.41, 5.74) is 3.12. The van der Waals surface area contributed by atoms with Crippen LogP contribution in [0.4, 0.5) is 5.69 Å². The highest BCUT2D eigenvalue weighted by molar-refractivity contribution is 5.98. The van der Waals surface area contributed by atoms with Crippen molar-refractivity contribution in [3.8, 4) is 6.07 Å². The third-order valence-corrected chi connectivity index (χ3v) is 5.43. The zero-order valence-corrected chi connectivity index (χ0v) is 17.5. The number of amides is 2. The topological polar surface area (TPSA) is 108 Å². The molecule has 8 heteroatoms. The molecular formula is C24H24N4O4. The van der Waals surface area contributed by atoms with Gasteiger partial charge in [0.05, 0.1) is 25.5 Å². The molecule has 0 radical (unpaired) electrons. The molecule has 2 amide bonds. The summed E-state index contributed by atoms with van der Waals surface area (Å²) < 4.78 is 10.7. The van der Waals surface area contributed by atoms with E-state index in [0.717, 1.165) is 35.3 Å². The van der Waals surface area contributed by atoms with Gasteiger partial charge in [0.1, 0.15) is 18.2 Å². The van der Waals surface area contributed by atoms with E-state index in [1.54, 1.807) is 18.4 Å². The van der Waals surface area contributed by atoms with E-state index in [1.807, 2.05) is 42.5 Å². The Labute approximate surface area is 185 Å². The Morgan fingerprint density at radius 2 is 1.88 bits per heavy atom. The lowest BCUT2D eigenvalue weighted by atomic mass is 10.0. The highest BCUT2D eigenvalue weighted by atomic mass is 16.5.